The number of pyridine rings is 1. The molecule has 0 saturated heterocycles. The van der Waals surface area contributed by atoms with Gasteiger partial charge in [0.1, 0.15) is 5.82 Å². The number of nitrogens with one attached hydrogen (secondary N) is 1. The van der Waals surface area contributed by atoms with Gasteiger partial charge in [0.2, 0.25) is 0 Å². The third kappa shape index (κ3) is 5.25. The number of unbranched alkanes of at least 4 members (excludes halogenated alkanes) is 3. The van der Waals surface area contributed by atoms with Crippen molar-refractivity contribution < 1.29 is 0 Å². The van der Waals surface area contributed by atoms with Gasteiger partial charge in [-0.1, -0.05) is 57.4 Å². The van der Waals surface area contributed by atoms with Crippen LogP contribution in [-0.2, 0) is 19.4 Å². The molecule has 0 atom stereocenters. The van der Waals surface area contributed by atoms with Crippen LogP contribution in [0.2, 0.25) is 0 Å². The van der Waals surface area contributed by atoms with Gasteiger partial charge < -0.3 is 0 Å². The minimum Gasteiger partial charge on any atom is -0.264 e. The summed E-state index contributed by atoms with van der Waals surface area (Å²) < 4.78 is 2.11. The molecule has 1 aromatic carbocycles. The lowest BCUT2D eigenvalue weighted by molar-refractivity contribution is 0.544. The molecule has 8 nitrogen and oxygen atoms in total. The highest BCUT2D eigenvalue weighted by Crippen LogP contribution is 2.29. The fourth-order valence-electron chi connectivity index (χ4n) is 3.77. The summed E-state index contributed by atoms with van der Waals surface area (Å²) in [6.45, 7) is 5.35. The topological polar surface area (TPSA) is 98.1 Å². The zero-order valence-electron chi connectivity index (χ0n) is 18.8. The van der Waals surface area contributed by atoms with Crippen LogP contribution in [0.25, 0.3) is 22.5 Å². The largest absolute Gasteiger partial charge is 0.264 e. The van der Waals surface area contributed by atoms with Gasteiger partial charge in [0.05, 0.1) is 0 Å². The number of benzene rings is 1. The first kappa shape index (κ1) is 21.8. The van der Waals surface area contributed by atoms with Crippen LogP contribution >= 0.6 is 0 Å². The van der Waals surface area contributed by atoms with Gasteiger partial charge in [0.15, 0.2) is 11.6 Å². The Morgan fingerprint density at radius 2 is 1.78 bits per heavy atom. The normalized spacial score (nSPS) is 11.2. The van der Waals surface area contributed by atoms with E-state index in [0.717, 1.165) is 67.0 Å². The van der Waals surface area contributed by atoms with Crippen LogP contribution in [0, 0.1) is 0 Å². The number of H-pyrrole nitrogens is 1. The summed E-state index contributed by atoms with van der Waals surface area (Å²) in [5.74, 6) is 2.65. The average Bonchev–Trinajstić information content (AvgIpc) is 3.49. The van der Waals surface area contributed by atoms with Crippen LogP contribution in [0.1, 0.15) is 63.2 Å². The lowest BCUT2D eigenvalue weighted by Gasteiger charge is -2.08. The van der Waals surface area contributed by atoms with Gasteiger partial charge in [-0.25, -0.2) is 14.8 Å². The number of aromatic amines is 1. The molecule has 0 bridgehead atoms. The van der Waals surface area contributed by atoms with Gasteiger partial charge in [-0.15, -0.1) is 5.10 Å². The van der Waals surface area contributed by atoms with Crippen molar-refractivity contribution in [2.75, 3.05) is 0 Å². The van der Waals surface area contributed by atoms with E-state index in [1.807, 2.05) is 12.3 Å². The summed E-state index contributed by atoms with van der Waals surface area (Å²) in [6, 6.07) is 10.5. The molecule has 3 aromatic heterocycles. The number of tetrazole rings is 1. The predicted octanol–water partition coefficient (Wildman–Crippen LogP) is 4.64. The highest BCUT2D eigenvalue weighted by atomic mass is 15.5. The third-order valence-corrected chi connectivity index (χ3v) is 5.57. The minimum atomic E-state index is 0.631. The van der Waals surface area contributed by atoms with E-state index in [0.29, 0.717) is 5.82 Å². The van der Waals surface area contributed by atoms with Crippen LogP contribution < -0.4 is 0 Å². The summed E-state index contributed by atoms with van der Waals surface area (Å²) in [6.07, 6.45) is 11.2. The Labute approximate surface area is 188 Å². The van der Waals surface area contributed by atoms with Gasteiger partial charge in [0, 0.05) is 42.9 Å². The second-order valence-electron chi connectivity index (χ2n) is 8.02. The number of hydrogen-bond acceptors (Lipinski definition) is 6. The van der Waals surface area contributed by atoms with E-state index in [4.69, 9.17) is 10.1 Å². The van der Waals surface area contributed by atoms with Crippen molar-refractivity contribution in [3.8, 4) is 22.5 Å². The molecule has 0 saturated carbocycles. The monoisotopic (exact) mass is 430 g/mol. The molecule has 3 heterocycles. The quantitative estimate of drug-likeness (QED) is 0.348. The second kappa shape index (κ2) is 10.7. The molecule has 4 aromatic rings. The van der Waals surface area contributed by atoms with Crippen molar-refractivity contribution in [3.63, 3.8) is 0 Å². The summed E-state index contributed by atoms with van der Waals surface area (Å²) in [5.41, 5.74) is 4.20. The van der Waals surface area contributed by atoms with E-state index in [1.54, 1.807) is 6.20 Å². The van der Waals surface area contributed by atoms with Crippen LogP contribution in [0.15, 0.2) is 42.7 Å². The molecule has 0 radical (unpaired) electrons. The maximum atomic E-state index is 4.87. The lowest BCUT2D eigenvalue weighted by Crippen LogP contribution is -2.06. The maximum absolute atomic E-state index is 4.87. The van der Waals surface area contributed by atoms with Gasteiger partial charge in [-0.3, -0.25) is 4.98 Å². The van der Waals surface area contributed by atoms with Crippen LogP contribution in [0.3, 0.4) is 0 Å². The standard InChI is InChI=1S/C24H30N8/c1-3-5-7-8-22-26-23(32(29-22)15-6-4-2)16-18-9-11-19(12-10-18)21-17-25-14-13-20(21)24-27-30-31-28-24/h9-14,17H,3-8,15-16H2,1-2H3,(H,27,28,30,31). The highest BCUT2D eigenvalue weighted by Gasteiger charge is 2.13. The van der Waals surface area contributed by atoms with E-state index in [9.17, 15) is 0 Å². The fourth-order valence-corrected chi connectivity index (χ4v) is 3.77. The Morgan fingerprint density at radius 3 is 2.53 bits per heavy atom. The number of rotatable bonds is 11. The average molecular weight is 431 g/mol. The van der Waals surface area contributed by atoms with Gasteiger partial charge in [-0.05, 0) is 40.5 Å². The number of aromatic nitrogens is 8. The first-order chi connectivity index (χ1) is 15.8. The van der Waals surface area contributed by atoms with Crippen LogP contribution in [0.4, 0.5) is 0 Å². The van der Waals surface area contributed by atoms with Crippen LogP contribution in [0.5, 0.6) is 0 Å². The van der Waals surface area contributed by atoms with E-state index in [-0.39, 0.29) is 0 Å². The van der Waals surface area contributed by atoms with E-state index < -0.39 is 0 Å². The highest BCUT2D eigenvalue weighted by molar-refractivity contribution is 5.79. The van der Waals surface area contributed by atoms with Gasteiger partial charge in [0.25, 0.3) is 0 Å². The zero-order valence-corrected chi connectivity index (χ0v) is 18.8. The molecular formula is C24H30N8. The lowest BCUT2D eigenvalue weighted by atomic mass is 9.99. The molecule has 0 spiro atoms. The third-order valence-electron chi connectivity index (χ3n) is 5.57. The molecule has 32 heavy (non-hydrogen) atoms. The van der Waals surface area contributed by atoms with Crippen molar-refractivity contribution >= 4 is 0 Å². The van der Waals surface area contributed by atoms with E-state index in [1.165, 1.54) is 18.4 Å². The number of nitrogens with zero attached hydrogens (tertiary/aromatic N) is 7. The SMILES string of the molecule is CCCCCc1nc(Cc2ccc(-c3cnccc3-c3nnn[nH]3)cc2)n(CCCC)n1. The van der Waals surface area contributed by atoms with Crippen molar-refractivity contribution in [1.29, 1.82) is 0 Å². The molecule has 0 unspecified atom stereocenters. The van der Waals surface area contributed by atoms with Crippen LogP contribution in [-0.4, -0.2) is 40.4 Å². The molecule has 0 fully saturated rings. The molecule has 166 valence electrons. The van der Waals surface area contributed by atoms with Crippen molar-refractivity contribution in [2.45, 2.75) is 65.3 Å². The summed E-state index contributed by atoms with van der Waals surface area (Å²) in [4.78, 5) is 9.17. The molecule has 4 rings (SSSR count). The molecule has 0 aliphatic rings. The first-order valence-electron chi connectivity index (χ1n) is 11.5. The van der Waals surface area contributed by atoms with Gasteiger partial charge >= 0.3 is 0 Å². The minimum absolute atomic E-state index is 0.631. The zero-order chi connectivity index (χ0) is 22.2. The number of aryl methyl sites for hydroxylation is 2. The maximum Gasteiger partial charge on any atom is 0.180 e. The fraction of sp³-hybridized carbons (Fsp3) is 0.417. The molecule has 8 heteroatoms. The molecule has 0 aliphatic heterocycles. The molecule has 0 amide bonds. The van der Waals surface area contributed by atoms with Crippen molar-refractivity contribution in [2.24, 2.45) is 0 Å². The Kier molecular flexibility index (Phi) is 7.32. The van der Waals surface area contributed by atoms with E-state index in [2.05, 4.69) is 68.4 Å². The second-order valence-corrected chi connectivity index (χ2v) is 8.02. The summed E-state index contributed by atoms with van der Waals surface area (Å²) >= 11 is 0. The van der Waals surface area contributed by atoms with E-state index >= 15 is 0 Å². The van der Waals surface area contributed by atoms with Gasteiger partial charge in [-0.2, -0.15) is 5.10 Å². The smallest absolute Gasteiger partial charge is 0.180 e. The summed E-state index contributed by atoms with van der Waals surface area (Å²) in [7, 11) is 0. The Balaban J connectivity index is 1.53. The molecule has 1 N–H and O–H groups in total. The Hall–Kier alpha value is -3.42. The molecular weight excluding hydrogens is 400 g/mol. The predicted molar refractivity (Wildman–Crippen MR) is 124 cm³/mol. The first-order valence-corrected chi connectivity index (χ1v) is 11.5. The number of hydrogen-bond donors (Lipinski definition) is 1. The Bertz CT molecular complexity index is 1100. The van der Waals surface area contributed by atoms with Crippen molar-refractivity contribution in [1.82, 2.24) is 40.4 Å². The molecule has 0 aliphatic carbocycles. The summed E-state index contributed by atoms with van der Waals surface area (Å²) in [5, 5.41) is 19.1. The van der Waals surface area contributed by atoms with Crippen molar-refractivity contribution in [3.05, 3.63) is 59.9 Å². The Morgan fingerprint density at radius 1 is 0.938 bits per heavy atom.